The minimum absolute atomic E-state index is 0.0469. The first-order valence-corrected chi connectivity index (χ1v) is 12.0. The quantitative estimate of drug-likeness (QED) is 0.370. The lowest BCUT2D eigenvalue weighted by molar-refractivity contribution is -0.119. The van der Waals surface area contributed by atoms with Crippen molar-refractivity contribution in [2.24, 2.45) is 5.92 Å². The number of nitrogens with zero attached hydrogens (tertiary/aromatic N) is 3. The van der Waals surface area contributed by atoms with Gasteiger partial charge in [0.05, 0.1) is 18.2 Å². The van der Waals surface area contributed by atoms with Gasteiger partial charge in [-0.2, -0.15) is 5.10 Å². The molecule has 2 atom stereocenters. The molecule has 2 fully saturated rings. The maximum Gasteiger partial charge on any atom is 0.253 e. The number of carbonyl (C=O) groups is 2. The Bertz CT molecular complexity index is 1460. The van der Waals surface area contributed by atoms with Crippen molar-refractivity contribution in [2.45, 2.75) is 12.5 Å². The van der Waals surface area contributed by atoms with Gasteiger partial charge in [0, 0.05) is 61.2 Å². The number of H-pyrrole nitrogens is 1. The van der Waals surface area contributed by atoms with E-state index in [9.17, 15) is 14.0 Å². The standard InChI is InChI=1S/C26H24FN5O5/c1-35-6-7-36-22-11-20-17(9-18(22)27)25(30-29-20)23-10-19(31-37-23)14-2-4-15(5-3-14)26(34)32-12-16-8-24(33)28-21(16)13-32/h2-5,9-11,16,21H,6-8,12-13H2,1H3,(H,28,33)(H,29,30)/t16-,21+/m0/s1. The van der Waals surface area contributed by atoms with Gasteiger partial charge in [0.15, 0.2) is 17.3 Å². The first kappa shape index (κ1) is 23.2. The van der Waals surface area contributed by atoms with E-state index in [1.165, 1.54) is 6.07 Å². The number of hydrogen-bond donors (Lipinski definition) is 2. The predicted molar refractivity (Wildman–Crippen MR) is 130 cm³/mol. The summed E-state index contributed by atoms with van der Waals surface area (Å²) in [6, 6.07) is 11.8. The van der Waals surface area contributed by atoms with Gasteiger partial charge in [0.1, 0.15) is 18.0 Å². The molecule has 37 heavy (non-hydrogen) atoms. The molecule has 0 bridgehead atoms. The maximum absolute atomic E-state index is 14.6. The van der Waals surface area contributed by atoms with Crippen LogP contribution < -0.4 is 10.1 Å². The number of ether oxygens (including phenoxy) is 2. The van der Waals surface area contributed by atoms with Crippen LogP contribution in [0.15, 0.2) is 47.0 Å². The number of fused-ring (bicyclic) bond motifs is 2. The Morgan fingerprint density at radius 3 is 2.81 bits per heavy atom. The largest absolute Gasteiger partial charge is 0.488 e. The van der Waals surface area contributed by atoms with E-state index < -0.39 is 5.82 Å². The van der Waals surface area contributed by atoms with E-state index in [0.29, 0.717) is 59.7 Å². The molecule has 2 amide bonds. The number of halogens is 1. The molecule has 190 valence electrons. The van der Waals surface area contributed by atoms with Crippen LogP contribution in [0, 0.1) is 11.7 Å². The minimum atomic E-state index is -0.518. The van der Waals surface area contributed by atoms with E-state index in [0.717, 1.165) is 5.56 Å². The Labute approximate surface area is 210 Å². The van der Waals surface area contributed by atoms with Crippen molar-refractivity contribution >= 4 is 22.7 Å². The van der Waals surface area contributed by atoms with Crippen molar-refractivity contribution in [1.29, 1.82) is 0 Å². The third-order valence-electron chi connectivity index (χ3n) is 6.85. The van der Waals surface area contributed by atoms with Crippen LogP contribution in [-0.4, -0.2) is 71.5 Å². The monoisotopic (exact) mass is 505 g/mol. The van der Waals surface area contributed by atoms with Gasteiger partial charge in [0.25, 0.3) is 5.91 Å². The van der Waals surface area contributed by atoms with Gasteiger partial charge in [-0.3, -0.25) is 14.7 Å². The second kappa shape index (κ2) is 9.32. The lowest BCUT2D eigenvalue weighted by Crippen LogP contribution is -2.35. The Hall–Kier alpha value is -4.25. The van der Waals surface area contributed by atoms with Crippen molar-refractivity contribution in [3.63, 3.8) is 0 Å². The molecular weight excluding hydrogens is 481 g/mol. The Kier molecular flexibility index (Phi) is 5.84. The Morgan fingerprint density at radius 1 is 1.19 bits per heavy atom. The highest BCUT2D eigenvalue weighted by Crippen LogP contribution is 2.33. The van der Waals surface area contributed by atoms with Gasteiger partial charge in [0.2, 0.25) is 5.91 Å². The Balaban J connectivity index is 1.18. The van der Waals surface area contributed by atoms with E-state index in [-0.39, 0.29) is 36.1 Å². The normalized spacial score (nSPS) is 18.9. The maximum atomic E-state index is 14.6. The summed E-state index contributed by atoms with van der Waals surface area (Å²) in [5, 5.41) is 14.8. The summed E-state index contributed by atoms with van der Waals surface area (Å²) in [7, 11) is 1.55. The van der Waals surface area contributed by atoms with Crippen LogP contribution in [0.5, 0.6) is 5.75 Å². The summed E-state index contributed by atoms with van der Waals surface area (Å²) in [5.41, 5.74) is 2.90. The molecule has 2 aliphatic heterocycles. The van der Waals surface area contributed by atoms with Gasteiger partial charge in [-0.1, -0.05) is 17.3 Å². The average Bonchev–Trinajstić information content (AvgIpc) is 3.67. The number of amides is 2. The number of methoxy groups -OCH3 is 1. The van der Waals surface area contributed by atoms with Crippen LogP contribution >= 0.6 is 0 Å². The number of carbonyl (C=O) groups excluding carboxylic acids is 2. The molecule has 0 radical (unpaired) electrons. The van der Waals surface area contributed by atoms with Crippen molar-refractivity contribution < 1.29 is 28.0 Å². The molecule has 2 aromatic carbocycles. The highest BCUT2D eigenvalue weighted by Gasteiger charge is 2.41. The van der Waals surface area contributed by atoms with E-state index >= 15 is 0 Å². The van der Waals surface area contributed by atoms with E-state index in [4.69, 9.17) is 14.0 Å². The second-order valence-electron chi connectivity index (χ2n) is 9.24. The van der Waals surface area contributed by atoms with Crippen LogP contribution in [0.2, 0.25) is 0 Å². The molecule has 11 heteroatoms. The van der Waals surface area contributed by atoms with Gasteiger partial charge in [-0.05, 0) is 18.2 Å². The third kappa shape index (κ3) is 4.31. The minimum Gasteiger partial charge on any atom is -0.488 e. The van der Waals surface area contributed by atoms with Gasteiger partial charge >= 0.3 is 0 Å². The predicted octanol–water partition coefficient (Wildman–Crippen LogP) is 3.01. The molecule has 4 aromatic rings. The van der Waals surface area contributed by atoms with Crippen LogP contribution in [0.4, 0.5) is 4.39 Å². The van der Waals surface area contributed by atoms with Crippen LogP contribution in [0.1, 0.15) is 16.8 Å². The fourth-order valence-electron chi connectivity index (χ4n) is 4.95. The number of rotatable bonds is 7. The Morgan fingerprint density at radius 2 is 2.03 bits per heavy atom. The van der Waals surface area contributed by atoms with E-state index in [2.05, 4.69) is 20.7 Å². The molecule has 2 aliphatic rings. The highest BCUT2D eigenvalue weighted by atomic mass is 19.1. The SMILES string of the molecule is COCCOc1cc2[nH]nc(-c3cc(-c4ccc(C(=O)N5C[C@@H]6CC(=O)N[C@@H]6C5)cc4)no3)c2cc1F. The second-order valence-corrected chi connectivity index (χ2v) is 9.24. The van der Waals surface area contributed by atoms with Crippen molar-refractivity contribution in [3.05, 3.63) is 53.8 Å². The third-order valence-corrected chi connectivity index (χ3v) is 6.85. The average molecular weight is 506 g/mol. The van der Waals surface area contributed by atoms with Gasteiger partial charge in [-0.15, -0.1) is 0 Å². The first-order chi connectivity index (χ1) is 18.0. The summed E-state index contributed by atoms with van der Waals surface area (Å²) >= 11 is 0. The summed E-state index contributed by atoms with van der Waals surface area (Å²) in [6.45, 7) is 1.69. The van der Waals surface area contributed by atoms with E-state index in [1.54, 1.807) is 48.4 Å². The molecule has 2 saturated heterocycles. The smallest absolute Gasteiger partial charge is 0.253 e. The number of hydrogen-bond acceptors (Lipinski definition) is 7. The van der Waals surface area contributed by atoms with E-state index in [1.807, 2.05) is 0 Å². The number of aromatic amines is 1. The zero-order chi connectivity index (χ0) is 25.5. The van der Waals surface area contributed by atoms with Crippen molar-refractivity contribution in [2.75, 3.05) is 33.4 Å². The lowest BCUT2D eigenvalue weighted by atomic mass is 10.1. The number of benzene rings is 2. The summed E-state index contributed by atoms with van der Waals surface area (Å²) < 4.78 is 30.5. The number of aromatic nitrogens is 3. The summed E-state index contributed by atoms with van der Waals surface area (Å²) in [6.07, 6.45) is 0.475. The summed E-state index contributed by atoms with van der Waals surface area (Å²) in [5.74, 6) is 0.143. The molecular formula is C26H24FN5O5. The summed E-state index contributed by atoms with van der Waals surface area (Å²) in [4.78, 5) is 26.3. The topological polar surface area (TPSA) is 123 Å². The molecule has 0 spiro atoms. The fraction of sp³-hybridized carbons (Fsp3) is 0.308. The van der Waals surface area contributed by atoms with Gasteiger partial charge in [-0.25, -0.2) is 4.39 Å². The molecule has 0 saturated carbocycles. The first-order valence-electron chi connectivity index (χ1n) is 12.0. The molecule has 0 aliphatic carbocycles. The van der Waals surface area contributed by atoms with Crippen LogP contribution in [0.3, 0.4) is 0 Å². The molecule has 6 rings (SSSR count). The zero-order valence-electron chi connectivity index (χ0n) is 20.0. The molecule has 2 N–H and O–H groups in total. The van der Waals surface area contributed by atoms with Gasteiger partial charge < -0.3 is 24.2 Å². The molecule has 10 nitrogen and oxygen atoms in total. The number of likely N-dealkylation sites (tertiary alicyclic amines) is 1. The molecule has 0 unspecified atom stereocenters. The number of nitrogens with one attached hydrogen (secondary N) is 2. The lowest BCUT2D eigenvalue weighted by Gasteiger charge is -2.17. The van der Waals surface area contributed by atoms with Crippen LogP contribution in [-0.2, 0) is 9.53 Å². The molecule has 4 heterocycles. The fourth-order valence-corrected chi connectivity index (χ4v) is 4.95. The van der Waals surface area contributed by atoms with Crippen molar-refractivity contribution in [3.8, 4) is 28.5 Å². The highest BCUT2D eigenvalue weighted by molar-refractivity contribution is 5.95. The molecule has 2 aromatic heterocycles. The zero-order valence-corrected chi connectivity index (χ0v) is 20.0. The van der Waals surface area contributed by atoms with Crippen LogP contribution in [0.25, 0.3) is 33.6 Å². The van der Waals surface area contributed by atoms with Crippen molar-refractivity contribution in [1.82, 2.24) is 25.6 Å².